The lowest BCUT2D eigenvalue weighted by atomic mass is 9.73. The molecule has 0 heterocycles. The average Bonchev–Trinajstić information content (AvgIpc) is 3.00. The van der Waals surface area contributed by atoms with Crippen LogP contribution in [0.25, 0.3) is 0 Å². The lowest BCUT2D eigenvalue weighted by Gasteiger charge is -2.31. The summed E-state index contributed by atoms with van der Waals surface area (Å²) in [7, 11) is 0. The van der Waals surface area contributed by atoms with Crippen LogP contribution in [0.3, 0.4) is 0 Å². The van der Waals surface area contributed by atoms with E-state index in [4.69, 9.17) is 46.4 Å². The highest BCUT2D eigenvalue weighted by Gasteiger charge is 2.39. The molecule has 122 valence electrons. The van der Waals surface area contributed by atoms with Gasteiger partial charge < -0.3 is 10.2 Å². The fraction of sp³-hybridized carbons (Fsp3) is 0.294. The van der Waals surface area contributed by atoms with Gasteiger partial charge in [0, 0.05) is 5.41 Å². The normalized spacial score (nSPS) is 16.7. The third-order valence-corrected chi connectivity index (χ3v) is 5.75. The molecule has 0 spiro atoms. The number of hydrogen-bond donors (Lipinski definition) is 2. The standard InChI is InChI=1S/C17H14Cl4O2/c18-11-5-9(6-12(19)15(11)22)17(3-1-2-4-17)10-7-13(20)16(23)14(21)8-10/h5-8,22-23H,1-4H2. The number of benzene rings is 2. The highest BCUT2D eigenvalue weighted by Crippen LogP contribution is 2.51. The van der Waals surface area contributed by atoms with E-state index in [1.165, 1.54) is 0 Å². The molecule has 0 unspecified atom stereocenters. The van der Waals surface area contributed by atoms with Crippen molar-refractivity contribution in [2.24, 2.45) is 0 Å². The van der Waals surface area contributed by atoms with Crippen LogP contribution in [0.15, 0.2) is 24.3 Å². The summed E-state index contributed by atoms with van der Waals surface area (Å²) in [4.78, 5) is 0. The summed E-state index contributed by atoms with van der Waals surface area (Å²) in [6.45, 7) is 0. The Kier molecular flexibility index (Phi) is 4.63. The molecule has 1 aliphatic carbocycles. The molecular formula is C17H14Cl4O2. The smallest absolute Gasteiger partial charge is 0.152 e. The molecule has 3 rings (SSSR count). The van der Waals surface area contributed by atoms with Crippen LogP contribution in [-0.2, 0) is 5.41 Å². The Balaban J connectivity index is 2.22. The van der Waals surface area contributed by atoms with Crippen LogP contribution in [-0.4, -0.2) is 10.2 Å². The molecule has 23 heavy (non-hydrogen) atoms. The van der Waals surface area contributed by atoms with Gasteiger partial charge in [0.2, 0.25) is 0 Å². The minimum absolute atomic E-state index is 0.119. The minimum atomic E-state index is -0.331. The van der Waals surface area contributed by atoms with E-state index >= 15 is 0 Å². The number of phenolic OH excluding ortho intramolecular Hbond substituents is 2. The molecule has 0 aliphatic heterocycles. The largest absolute Gasteiger partial charge is 0.505 e. The molecule has 1 aliphatic rings. The Hall–Kier alpha value is -0.800. The number of phenols is 2. The summed E-state index contributed by atoms with van der Waals surface area (Å²) in [6.07, 6.45) is 3.88. The number of rotatable bonds is 2. The third-order valence-electron chi connectivity index (χ3n) is 4.60. The van der Waals surface area contributed by atoms with Crippen LogP contribution in [0, 0.1) is 0 Å². The summed E-state index contributed by atoms with van der Waals surface area (Å²) < 4.78 is 0. The van der Waals surface area contributed by atoms with E-state index in [9.17, 15) is 10.2 Å². The van der Waals surface area contributed by atoms with Gasteiger partial charge in [-0.1, -0.05) is 59.2 Å². The van der Waals surface area contributed by atoms with Crippen molar-refractivity contribution >= 4 is 46.4 Å². The van der Waals surface area contributed by atoms with E-state index in [1.807, 2.05) is 0 Å². The SMILES string of the molecule is Oc1c(Cl)cc(C2(c3cc(Cl)c(O)c(Cl)c3)CCCC2)cc1Cl. The van der Waals surface area contributed by atoms with Crippen molar-refractivity contribution in [2.75, 3.05) is 0 Å². The molecule has 2 aromatic rings. The number of halogens is 4. The topological polar surface area (TPSA) is 40.5 Å². The van der Waals surface area contributed by atoms with Gasteiger partial charge >= 0.3 is 0 Å². The van der Waals surface area contributed by atoms with Crippen molar-refractivity contribution in [3.8, 4) is 11.5 Å². The van der Waals surface area contributed by atoms with Gasteiger partial charge in [-0.25, -0.2) is 0 Å². The second-order valence-corrected chi connectivity index (χ2v) is 7.50. The fourth-order valence-corrected chi connectivity index (χ4v) is 4.38. The van der Waals surface area contributed by atoms with E-state index < -0.39 is 0 Å². The monoisotopic (exact) mass is 390 g/mol. The summed E-state index contributed by atoms with van der Waals surface area (Å²) in [5.41, 5.74) is 1.50. The lowest BCUT2D eigenvalue weighted by molar-refractivity contribution is 0.472. The summed E-state index contributed by atoms with van der Waals surface area (Å²) >= 11 is 24.4. The summed E-state index contributed by atoms with van der Waals surface area (Å²) in [5.74, 6) is -0.237. The highest BCUT2D eigenvalue weighted by atomic mass is 35.5. The average molecular weight is 392 g/mol. The second kappa shape index (κ2) is 6.25. The van der Waals surface area contributed by atoms with Gasteiger partial charge in [-0.2, -0.15) is 0 Å². The van der Waals surface area contributed by atoms with Crippen molar-refractivity contribution in [1.29, 1.82) is 0 Å². The van der Waals surface area contributed by atoms with Crippen LogP contribution in [0.4, 0.5) is 0 Å². The Labute approximate surface area is 154 Å². The Morgan fingerprint density at radius 2 is 0.957 bits per heavy atom. The molecule has 0 atom stereocenters. The van der Waals surface area contributed by atoms with E-state index in [0.717, 1.165) is 36.8 Å². The maximum atomic E-state index is 9.81. The molecule has 0 amide bonds. The molecule has 0 aromatic heterocycles. The van der Waals surface area contributed by atoms with Crippen LogP contribution >= 0.6 is 46.4 Å². The molecule has 1 saturated carbocycles. The second-order valence-electron chi connectivity index (χ2n) is 5.87. The molecule has 6 heteroatoms. The van der Waals surface area contributed by atoms with Crippen LogP contribution in [0.1, 0.15) is 36.8 Å². The maximum Gasteiger partial charge on any atom is 0.152 e. The minimum Gasteiger partial charge on any atom is -0.505 e. The van der Waals surface area contributed by atoms with Crippen LogP contribution in [0.2, 0.25) is 20.1 Å². The third kappa shape index (κ3) is 2.87. The fourth-order valence-electron chi connectivity index (χ4n) is 3.41. The molecule has 0 bridgehead atoms. The molecule has 2 N–H and O–H groups in total. The molecule has 0 radical (unpaired) electrons. The first-order valence-corrected chi connectivity index (χ1v) is 8.73. The highest BCUT2D eigenvalue weighted by molar-refractivity contribution is 6.37. The van der Waals surface area contributed by atoms with Crippen LogP contribution in [0.5, 0.6) is 11.5 Å². The van der Waals surface area contributed by atoms with Crippen molar-refractivity contribution < 1.29 is 10.2 Å². The lowest BCUT2D eigenvalue weighted by Crippen LogP contribution is -2.24. The molecular weight excluding hydrogens is 378 g/mol. The molecule has 0 saturated heterocycles. The van der Waals surface area contributed by atoms with Gasteiger partial charge in [-0.3, -0.25) is 0 Å². The number of hydrogen-bond acceptors (Lipinski definition) is 2. The van der Waals surface area contributed by atoms with Gasteiger partial charge in [0.25, 0.3) is 0 Å². The van der Waals surface area contributed by atoms with Crippen molar-refractivity contribution in [3.63, 3.8) is 0 Å². The first-order valence-electron chi connectivity index (χ1n) is 7.22. The van der Waals surface area contributed by atoms with Gasteiger partial charge in [-0.05, 0) is 48.2 Å². The van der Waals surface area contributed by atoms with E-state index in [1.54, 1.807) is 24.3 Å². The van der Waals surface area contributed by atoms with Gasteiger partial charge in [0.1, 0.15) is 0 Å². The van der Waals surface area contributed by atoms with Gasteiger partial charge in [0.05, 0.1) is 20.1 Å². The Morgan fingerprint density at radius 3 is 1.26 bits per heavy atom. The quantitative estimate of drug-likeness (QED) is 0.607. The van der Waals surface area contributed by atoms with Gasteiger partial charge in [-0.15, -0.1) is 0 Å². The summed E-state index contributed by atoms with van der Waals surface area (Å²) in [5, 5.41) is 20.5. The van der Waals surface area contributed by atoms with Crippen molar-refractivity contribution in [3.05, 3.63) is 55.5 Å². The van der Waals surface area contributed by atoms with Crippen molar-refractivity contribution in [1.82, 2.24) is 0 Å². The zero-order chi connectivity index (χ0) is 16.8. The predicted molar refractivity (Wildman–Crippen MR) is 95.5 cm³/mol. The van der Waals surface area contributed by atoms with Crippen molar-refractivity contribution in [2.45, 2.75) is 31.1 Å². The first kappa shape index (κ1) is 17.0. The van der Waals surface area contributed by atoms with E-state index in [0.29, 0.717) is 0 Å². The number of aromatic hydroxyl groups is 2. The van der Waals surface area contributed by atoms with E-state index in [2.05, 4.69) is 0 Å². The Morgan fingerprint density at radius 1 is 0.652 bits per heavy atom. The maximum absolute atomic E-state index is 9.81. The van der Waals surface area contributed by atoms with Crippen LogP contribution < -0.4 is 0 Å². The molecule has 1 fully saturated rings. The predicted octanol–water partition coefficient (Wildman–Crippen LogP) is 6.57. The Bertz CT molecular complexity index is 662. The molecule has 2 nitrogen and oxygen atoms in total. The summed E-state index contributed by atoms with van der Waals surface area (Å²) in [6, 6.07) is 6.96. The first-order chi connectivity index (χ1) is 10.8. The van der Waals surface area contributed by atoms with E-state index in [-0.39, 0.29) is 37.0 Å². The zero-order valence-electron chi connectivity index (χ0n) is 12.0. The zero-order valence-corrected chi connectivity index (χ0v) is 15.1. The molecule has 2 aromatic carbocycles. The van der Waals surface area contributed by atoms with Gasteiger partial charge in [0.15, 0.2) is 11.5 Å².